The number of carbonyl (C=O) groups excluding carboxylic acids is 1. The molecule has 64 valence electrons. The number of phenols is 1. The molecule has 0 amide bonds. The number of halogens is 1. The van der Waals surface area contributed by atoms with Crippen LogP contribution in [0.25, 0.3) is 0 Å². The lowest BCUT2D eigenvalue weighted by Crippen LogP contribution is -1.98. The maximum absolute atomic E-state index is 11.3. The number of rotatable bonds is 3. The average molecular weight is 229 g/mol. The fraction of sp³-hybridized carbons (Fsp3) is 0.222. The van der Waals surface area contributed by atoms with Crippen LogP contribution in [-0.2, 0) is 0 Å². The van der Waals surface area contributed by atoms with E-state index in [2.05, 4.69) is 15.9 Å². The van der Waals surface area contributed by atoms with Crippen molar-refractivity contribution in [3.8, 4) is 5.75 Å². The molecule has 1 rings (SSSR count). The van der Waals surface area contributed by atoms with Gasteiger partial charge in [-0.05, 0) is 12.1 Å². The lowest BCUT2D eigenvalue weighted by Gasteiger charge is -1.98. The molecule has 0 aliphatic carbocycles. The summed E-state index contributed by atoms with van der Waals surface area (Å²) in [6.45, 7) is 0. The van der Waals surface area contributed by atoms with Crippen molar-refractivity contribution in [3.63, 3.8) is 0 Å². The summed E-state index contributed by atoms with van der Waals surface area (Å²) in [6.07, 6.45) is 0.462. The Kier molecular flexibility index (Phi) is 3.29. The Labute approximate surface area is 79.3 Å². The normalized spacial score (nSPS) is 9.75. The monoisotopic (exact) mass is 228 g/mol. The number of Topliss-reactive ketones (excluding diaryl/α,β-unsaturated/α-hetero) is 1. The van der Waals surface area contributed by atoms with E-state index in [1.165, 1.54) is 6.07 Å². The number of carbonyl (C=O) groups is 1. The van der Waals surface area contributed by atoms with Gasteiger partial charge in [-0.15, -0.1) is 0 Å². The number of benzene rings is 1. The number of hydrogen-bond donors (Lipinski definition) is 1. The van der Waals surface area contributed by atoms with Crippen LogP contribution in [0.1, 0.15) is 16.8 Å². The highest BCUT2D eigenvalue weighted by atomic mass is 79.9. The van der Waals surface area contributed by atoms with Gasteiger partial charge >= 0.3 is 0 Å². The summed E-state index contributed by atoms with van der Waals surface area (Å²) >= 11 is 3.18. The Hall–Kier alpha value is -0.830. The summed E-state index contributed by atoms with van der Waals surface area (Å²) in [7, 11) is 0. The maximum Gasteiger partial charge on any atom is 0.163 e. The summed E-state index contributed by atoms with van der Waals surface area (Å²) in [5.74, 6) is 0.179. The van der Waals surface area contributed by atoms with E-state index in [1.807, 2.05) is 0 Å². The number of hydrogen-bond acceptors (Lipinski definition) is 2. The van der Waals surface area contributed by atoms with Crippen LogP contribution in [-0.4, -0.2) is 16.2 Å². The standard InChI is InChI=1S/C9H9BrO2/c10-5-4-9(12)7-2-1-3-8(11)6-7/h1-3,6,11H,4-5H2. The predicted molar refractivity (Wildman–Crippen MR) is 50.8 cm³/mol. The van der Waals surface area contributed by atoms with Gasteiger partial charge in [-0.25, -0.2) is 0 Å². The highest BCUT2D eigenvalue weighted by Gasteiger charge is 2.04. The van der Waals surface area contributed by atoms with E-state index in [9.17, 15) is 4.79 Å². The molecule has 2 nitrogen and oxygen atoms in total. The fourth-order valence-electron chi connectivity index (χ4n) is 0.910. The van der Waals surface area contributed by atoms with Crippen molar-refractivity contribution in [3.05, 3.63) is 29.8 Å². The molecule has 12 heavy (non-hydrogen) atoms. The Morgan fingerprint density at radius 1 is 1.50 bits per heavy atom. The summed E-state index contributed by atoms with van der Waals surface area (Å²) in [4.78, 5) is 11.3. The molecule has 0 unspecified atom stereocenters. The van der Waals surface area contributed by atoms with Crippen LogP contribution in [0, 0.1) is 0 Å². The van der Waals surface area contributed by atoms with Crippen molar-refractivity contribution in [2.45, 2.75) is 6.42 Å². The molecule has 0 aliphatic heterocycles. The van der Waals surface area contributed by atoms with Gasteiger partial charge in [0.25, 0.3) is 0 Å². The second-order valence-electron chi connectivity index (χ2n) is 2.41. The van der Waals surface area contributed by atoms with Crippen molar-refractivity contribution in [1.82, 2.24) is 0 Å². The third-order valence-corrected chi connectivity index (χ3v) is 1.89. The third-order valence-electron chi connectivity index (χ3n) is 1.49. The smallest absolute Gasteiger partial charge is 0.163 e. The van der Waals surface area contributed by atoms with Gasteiger partial charge in [0, 0.05) is 17.3 Å². The van der Waals surface area contributed by atoms with Crippen LogP contribution in [0.2, 0.25) is 0 Å². The largest absolute Gasteiger partial charge is 0.508 e. The second-order valence-corrected chi connectivity index (χ2v) is 3.21. The first-order chi connectivity index (χ1) is 5.74. The molecule has 0 radical (unpaired) electrons. The molecular weight excluding hydrogens is 220 g/mol. The second kappa shape index (κ2) is 4.26. The van der Waals surface area contributed by atoms with Crippen molar-refractivity contribution in [2.75, 3.05) is 5.33 Å². The predicted octanol–water partition coefficient (Wildman–Crippen LogP) is 2.36. The third kappa shape index (κ3) is 2.34. The van der Waals surface area contributed by atoms with Crippen molar-refractivity contribution < 1.29 is 9.90 Å². The number of ketones is 1. The van der Waals surface area contributed by atoms with Crippen LogP contribution in [0.15, 0.2) is 24.3 Å². The van der Waals surface area contributed by atoms with E-state index >= 15 is 0 Å². The molecule has 0 fully saturated rings. The van der Waals surface area contributed by atoms with Crippen molar-refractivity contribution in [1.29, 1.82) is 0 Å². The van der Waals surface area contributed by atoms with Crippen molar-refractivity contribution in [2.24, 2.45) is 0 Å². The molecule has 0 heterocycles. The molecule has 1 aromatic rings. The Balaban J connectivity index is 2.81. The summed E-state index contributed by atoms with van der Waals surface area (Å²) in [5.41, 5.74) is 0.564. The quantitative estimate of drug-likeness (QED) is 0.638. The van der Waals surface area contributed by atoms with Gasteiger partial charge in [0.1, 0.15) is 5.75 Å². The van der Waals surface area contributed by atoms with Crippen LogP contribution in [0.4, 0.5) is 0 Å². The molecule has 0 spiro atoms. The van der Waals surface area contributed by atoms with E-state index in [4.69, 9.17) is 5.11 Å². The van der Waals surface area contributed by atoms with E-state index in [1.54, 1.807) is 18.2 Å². The van der Waals surface area contributed by atoms with Crippen molar-refractivity contribution >= 4 is 21.7 Å². The minimum atomic E-state index is 0.0442. The van der Waals surface area contributed by atoms with Gasteiger partial charge in [0.2, 0.25) is 0 Å². The molecule has 3 heteroatoms. The Morgan fingerprint density at radius 3 is 2.83 bits per heavy atom. The molecule has 0 atom stereocenters. The first-order valence-electron chi connectivity index (χ1n) is 3.62. The number of alkyl halides is 1. The zero-order chi connectivity index (χ0) is 8.97. The summed E-state index contributed by atoms with van der Waals surface area (Å²) in [6, 6.07) is 6.39. The lowest BCUT2D eigenvalue weighted by atomic mass is 10.1. The zero-order valence-corrected chi connectivity index (χ0v) is 8.04. The highest BCUT2D eigenvalue weighted by molar-refractivity contribution is 9.09. The SMILES string of the molecule is O=C(CCBr)c1cccc(O)c1. The lowest BCUT2D eigenvalue weighted by molar-refractivity contribution is 0.0989. The highest BCUT2D eigenvalue weighted by Crippen LogP contribution is 2.12. The maximum atomic E-state index is 11.3. The van der Waals surface area contributed by atoms with Gasteiger partial charge in [-0.3, -0.25) is 4.79 Å². The molecule has 0 bridgehead atoms. The molecule has 0 aliphatic rings. The first kappa shape index (κ1) is 9.26. The molecule has 0 saturated carbocycles. The molecular formula is C9H9BrO2. The van der Waals surface area contributed by atoms with Gasteiger partial charge in [0.05, 0.1) is 0 Å². The minimum Gasteiger partial charge on any atom is -0.508 e. The summed E-state index contributed by atoms with van der Waals surface area (Å²) in [5, 5.41) is 9.72. The van der Waals surface area contributed by atoms with Gasteiger partial charge in [-0.1, -0.05) is 28.1 Å². The molecule has 1 N–H and O–H groups in total. The number of aromatic hydroxyl groups is 1. The Bertz CT molecular complexity index is 284. The summed E-state index contributed by atoms with van der Waals surface area (Å²) < 4.78 is 0. The molecule has 0 aromatic heterocycles. The number of phenolic OH excluding ortho intramolecular Hbond substituents is 1. The molecule has 1 aromatic carbocycles. The first-order valence-corrected chi connectivity index (χ1v) is 4.74. The van der Waals surface area contributed by atoms with Gasteiger partial charge in [-0.2, -0.15) is 0 Å². The van der Waals surface area contributed by atoms with Crippen LogP contribution in [0.3, 0.4) is 0 Å². The van der Waals surface area contributed by atoms with E-state index < -0.39 is 0 Å². The van der Waals surface area contributed by atoms with Crippen LogP contribution in [0.5, 0.6) is 5.75 Å². The zero-order valence-electron chi connectivity index (χ0n) is 6.46. The van der Waals surface area contributed by atoms with Crippen LogP contribution < -0.4 is 0 Å². The van der Waals surface area contributed by atoms with Gasteiger partial charge < -0.3 is 5.11 Å². The van der Waals surface area contributed by atoms with Gasteiger partial charge in [0.15, 0.2) is 5.78 Å². The van der Waals surface area contributed by atoms with E-state index in [0.717, 1.165) is 0 Å². The minimum absolute atomic E-state index is 0.0442. The Morgan fingerprint density at radius 2 is 2.25 bits per heavy atom. The average Bonchev–Trinajstić information content (AvgIpc) is 2.05. The fourth-order valence-corrected chi connectivity index (χ4v) is 1.27. The van der Waals surface area contributed by atoms with E-state index in [-0.39, 0.29) is 11.5 Å². The van der Waals surface area contributed by atoms with Crippen LogP contribution >= 0.6 is 15.9 Å². The van der Waals surface area contributed by atoms with E-state index in [0.29, 0.717) is 17.3 Å². The topological polar surface area (TPSA) is 37.3 Å². The molecule has 0 saturated heterocycles.